The number of amides is 1. The predicted octanol–water partition coefficient (Wildman–Crippen LogP) is 5.87. The van der Waals surface area contributed by atoms with Crippen LogP contribution in [0.3, 0.4) is 0 Å². The predicted molar refractivity (Wildman–Crippen MR) is 117 cm³/mol. The highest BCUT2D eigenvalue weighted by Crippen LogP contribution is 2.35. The van der Waals surface area contributed by atoms with Crippen molar-refractivity contribution in [3.63, 3.8) is 0 Å². The van der Waals surface area contributed by atoms with Gasteiger partial charge in [-0.15, -0.1) is 0 Å². The second-order valence-corrected chi connectivity index (χ2v) is 7.92. The Bertz CT molecular complexity index is 798. The van der Waals surface area contributed by atoms with Gasteiger partial charge in [-0.2, -0.15) is 0 Å². The lowest BCUT2D eigenvalue weighted by Crippen LogP contribution is -2.45. The molecule has 158 valence electrons. The summed E-state index contributed by atoms with van der Waals surface area (Å²) in [6.45, 7) is 5.50. The molecule has 1 aromatic heterocycles. The lowest BCUT2D eigenvalue weighted by atomic mass is 9.92. The average molecular weight is 399 g/mol. The molecule has 1 aliphatic carbocycles. The number of pyridine rings is 1. The van der Waals surface area contributed by atoms with Gasteiger partial charge < -0.3 is 14.8 Å². The lowest BCUT2D eigenvalue weighted by Gasteiger charge is -2.31. The minimum absolute atomic E-state index is 0.0299. The minimum Gasteiger partial charge on any atom is -0.491 e. The Balaban J connectivity index is 1.86. The van der Waals surface area contributed by atoms with Gasteiger partial charge in [-0.3, -0.25) is 9.78 Å². The maximum absolute atomic E-state index is 13.4. The van der Waals surface area contributed by atoms with Gasteiger partial charge in [-0.1, -0.05) is 46.0 Å². The average Bonchev–Trinajstić information content (AvgIpc) is 3.00. The summed E-state index contributed by atoms with van der Waals surface area (Å²) in [5, 5.41) is 4.06. The van der Waals surface area contributed by atoms with Crippen molar-refractivity contribution in [3.8, 4) is 5.75 Å². The zero-order valence-electron chi connectivity index (χ0n) is 17.8. The van der Waals surface area contributed by atoms with Crippen LogP contribution in [-0.4, -0.2) is 29.7 Å². The first-order valence-corrected chi connectivity index (χ1v) is 11.2. The summed E-state index contributed by atoms with van der Waals surface area (Å²) >= 11 is 0. The summed E-state index contributed by atoms with van der Waals surface area (Å²) in [7, 11) is 0. The standard InChI is InChI=1S/C24H34N2O3/c1-3-5-18-28-21-13-12-20(19-11-10-16-25-22(19)21)26-23(27)24(29-17-4-2)14-8-6-7-9-15-24/h10-13,16H,3-9,14-15,17-18H2,1-2H3,(H,26,27). The van der Waals surface area contributed by atoms with Gasteiger partial charge in [0.1, 0.15) is 16.9 Å². The lowest BCUT2D eigenvalue weighted by molar-refractivity contribution is -0.143. The van der Waals surface area contributed by atoms with E-state index in [9.17, 15) is 4.79 Å². The molecule has 29 heavy (non-hydrogen) atoms. The third-order valence-electron chi connectivity index (χ3n) is 5.64. The van der Waals surface area contributed by atoms with Crippen LogP contribution in [0.15, 0.2) is 30.5 Å². The number of carbonyl (C=O) groups is 1. The van der Waals surface area contributed by atoms with E-state index < -0.39 is 5.60 Å². The van der Waals surface area contributed by atoms with Gasteiger partial charge in [0.25, 0.3) is 5.91 Å². The Morgan fingerprint density at radius 3 is 2.59 bits per heavy atom. The highest BCUT2D eigenvalue weighted by Gasteiger charge is 2.39. The fourth-order valence-electron chi connectivity index (χ4n) is 3.97. The van der Waals surface area contributed by atoms with E-state index in [0.29, 0.717) is 13.2 Å². The molecule has 5 nitrogen and oxygen atoms in total. The molecule has 1 fully saturated rings. The number of ether oxygens (including phenoxy) is 2. The maximum Gasteiger partial charge on any atom is 0.256 e. The van der Waals surface area contributed by atoms with Crippen molar-refractivity contribution in [2.75, 3.05) is 18.5 Å². The van der Waals surface area contributed by atoms with Crippen molar-refractivity contribution in [2.24, 2.45) is 0 Å². The van der Waals surface area contributed by atoms with Crippen molar-refractivity contribution in [2.45, 2.75) is 77.2 Å². The van der Waals surface area contributed by atoms with Crippen LogP contribution >= 0.6 is 0 Å². The quantitative estimate of drug-likeness (QED) is 0.424. The summed E-state index contributed by atoms with van der Waals surface area (Å²) in [4.78, 5) is 17.9. The van der Waals surface area contributed by atoms with E-state index in [2.05, 4.69) is 24.1 Å². The molecule has 0 bridgehead atoms. The first-order chi connectivity index (χ1) is 14.2. The van der Waals surface area contributed by atoms with Crippen LogP contribution in [0.25, 0.3) is 10.9 Å². The number of rotatable bonds is 9. The molecule has 0 saturated heterocycles. The van der Waals surface area contributed by atoms with E-state index in [-0.39, 0.29) is 5.91 Å². The summed E-state index contributed by atoms with van der Waals surface area (Å²) in [5.74, 6) is 0.733. The number of nitrogens with zero attached hydrogens (tertiary/aromatic N) is 1. The fraction of sp³-hybridized carbons (Fsp3) is 0.583. The number of nitrogens with one attached hydrogen (secondary N) is 1. The van der Waals surface area contributed by atoms with Crippen molar-refractivity contribution in [3.05, 3.63) is 30.5 Å². The first-order valence-electron chi connectivity index (χ1n) is 11.2. The minimum atomic E-state index is -0.725. The number of unbranched alkanes of at least 4 members (excludes halogenated alkanes) is 1. The molecule has 1 amide bonds. The molecular weight excluding hydrogens is 364 g/mol. The molecule has 0 unspecified atom stereocenters. The summed E-state index contributed by atoms with van der Waals surface area (Å²) in [6.07, 6.45) is 10.7. The second kappa shape index (κ2) is 10.6. The molecule has 1 N–H and O–H groups in total. The van der Waals surface area contributed by atoms with E-state index >= 15 is 0 Å². The Hall–Kier alpha value is -2.14. The topological polar surface area (TPSA) is 60.5 Å². The Morgan fingerprint density at radius 2 is 1.86 bits per heavy atom. The Kier molecular flexibility index (Phi) is 7.87. The molecule has 5 heteroatoms. The zero-order valence-corrected chi connectivity index (χ0v) is 17.8. The fourth-order valence-corrected chi connectivity index (χ4v) is 3.97. The van der Waals surface area contributed by atoms with E-state index in [0.717, 1.165) is 67.3 Å². The van der Waals surface area contributed by atoms with Gasteiger partial charge >= 0.3 is 0 Å². The van der Waals surface area contributed by atoms with E-state index in [1.807, 2.05) is 24.3 Å². The molecule has 1 aromatic carbocycles. The number of benzene rings is 1. The van der Waals surface area contributed by atoms with Crippen LogP contribution in [0.4, 0.5) is 5.69 Å². The molecule has 0 aliphatic heterocycles. The third-order valence-corrected chi connectivity index (χ3v) is 5.64. The van der Waals surface area contributed by atoms with E-state index in [1.54, 1.807) is 6.20 Å². The second-order valence-electron chi connectivity index (χ2n) is 7.92. The summed E-state index contributed by atoms with van der Waals surface area (Å²) in [5.41, 5.74) is 0.826. The molecule has 0 radical (unpaired) electrons. The van der Waals surface area contributed by atoms with Crippen LogP contribution in [0.1, 0.15) is 71.6 Å². The van der Waals surface area contributed by atoms with Crippen LogP contribution in [0.5, 0.6) is 5.75 Å². The van der Waals surface area contributed by atoms with Crippen LogP contribution in [-0.2, 0) is 9.53 Å². The summed E-state index contributed by atoms with van der Waals surface area (Å²) < 4.78 is 12.1. The van der Waals surface area contributed by atoms with Crippen molar-refractivity contribution in [1.29, 1.82) is 0 Å². The highest BCUT2D eigenvalue weighted by molar-refractivity contribution is 6.05. The van der Waals surface area contributed by atoms with Gasteiger partial charge in [-0.25, -0.2) is 0 Å². The van der Waals surface area contributed by atoms with E-state index in [1.165, 1.54) is 12.8 Å². The molecule has 1 saturated carbocycles. The highest BCUT2D eigenvalue weighted by atomic mass is 16.5. The zero-order chi connectivity index (χ0) is 20.5. The summed E-state index contributed by atoms with van der Waals surface area (Å²) in [6, 6.07) is 7.71. The maximum atomic E-state index is 13.4. The number of aromatic nitrogens is 1. The molecule has 2 aromatic rings. The molecule has 1 heterocycles. The third kappa shape index (κ3) is 5.27. The molecule has 0 spiro atoms. The van der Waals surface area contributed by atoms with Crippen LogP contribution < -0.4 is 10.1 Å². The van der Waals surface area contributed by atoms with E-state index in [4.69, 9.17) is 9.47 Å². The molecular formula is C24H34N2O3. The smallest absolute Gasteiger partial charge is 0.256 e. The monoisotopic (exact) mass is 398 g/mol. The van der Waals surface area contributed by atoms with Crippen LogP contribution in [0, 0.1) is 0 Å². The van der Waals surface area contributed by atoms with Gasteiger partial charge in [0.05, 0.1) is 12.3 Å². The molecule has 1 aliphatic rings. The normalized spacial score (nSPS) is 16.3. The van der Waals surface area contributed by atoms with Crippen molar-refractivity contribution in [1.82, 2.24) is 4.98 Å². The first kappa shape index (κ1) is 21.6. The SMILES string of the molecule is CCCCOc1ccc(NC(=O)C2(OCCC)CCCCCC2)c2cccnc12. The number of fused-ring (bicyclic) bond motifs is 1. The molecule has 0 atom stereocenters. The van der Waals surface area contributed by atoms with Crippen LogP contribution in [0.2, 0.25) is 0 Å². The Labute approximate surface area is 174 Å². The molecule has 3 rings (SSSR count). The Morgan fingerprint density at radius 1 is 1.07 bits per heavy atom. The van der Waals surface area contributed by atoms with Crippen molar-refractivity contribution >= 4 is 22.5 Å². The van der Waals surface area contributed by atoms with Crippen molar-refractivity contribution < 1.29 is 14.3 Å². The number of anilines is 1. The largest absolute Gasteiger partial charge is 0.491 e. The number of hydrogen-bond donors (Lipinski definition) is 1. The number of hydrogen-bond acceptors (Lipinski definition) is 4. The van der Waals surface area contributed by atoms with Gasteiger partial charge in [0.2, 0.25) is 0 Å². The van der Waals surface area contributed by atoms with Gasteiger partial charge in [0, 0.05) is 18.2 Å². The van der Waals surface area contributed by atoms with Gasteiger partial charge in [-0.05, 0) is 49.9 Å². The van der Waals surface area contributed by atoms with Gasteiger partial charge in [0.15, 0.2) is 0 Å². The number of carbonyl (C=O) groups excluding carboxylic acids is 1.